The van der Waals surface area contributed by atoms with Gasteiger partial charge in [-0.25, -0.2) is 0 Å². The highest BCUT2D eigenvalue weighted by Crippen LogP contribution is 2.40. The van der Waals surface area contributed by atoms with Crippen molar-refractivity contribution in [3.05, 3.63) is 57.9 Å². The van der Waals surface area contributed by atoms with Gasteiger partial charge in [-0.15, -0.1) is 11.3 Å². The number of benzene rings is 2. The summed E-state index contributed by atoms with van der Waals surface area (Å²) in [5, 5.41) is 4.55. The molecule has 0 unspecified atom stereocenters. The summed E-state index contributed by atoms with van der Waals surface area (Å²) in [5.74, 6) is 0. The zero-order valence-electron chi connectivity index (χ0n) is 8.78. The van der Waals surface area contributed by atoms with Crippen LogP contribution in [0.25, 0.3) is 21.2 Å². The molecule has 0 nitrogen and oxygen atoms in total. The van der Waals surface area contributed by atoms with E-state index in [-0.39, 0.29) is 0 Å². The smallest absolute Gasteiger partial charge is 0.0770 e. The molecule has 0 saturated carbocycles. The normalized spacial score (nSPS) is 10.9. The second-order valence-electron chi connectivity index (χ2n) is 3.75. The molecule has 1 aromatic heterocycles. The standard InChI is InChI=1S/C14H8Cl2S/c15-12-7-6-10-11(8-17-14(10)13(12)16)9-4-2-1-3-5-9/h1-8H. The van der Waals surface area contributed by atoms with E-state index in [0.29, 0.717) is 10.0 Å². The maximum absolute atomic E-state index is 6.21. The first-order chi connectivity index (χ1) is 8.27. The molecule has 1 heterocycles. The quantitative estimate of drug-likeness (QED) is 0.522. The van der Waals surface area contributed by atoms with E-state index in [9.17, 15) is 0 Å². The monoisotopic (exact) mass is 278 g/mol. The van der Waals surface area contributed by atoms with Crippen LogP contribution in [0.4, 0.5) is 0 Å². The van der Waals surface area contributed by atoms with E-state index in [0.717, 1.165) is 10.1 Å². The van der Waals surface area contributed by atoms with Crippen molar-refractivity contribution in [1.29, 1.82) is 0 Å². The van der Waals surface area contributed by atoms with Crippen molar-refractivity contribution in [3.63, 3.8) is 0 Å². The molecular weight excluding hydrogens is 271 g/mol. The molecule has 0 aliphatic carbocycles. The van der Waals surface area contributed by atoms with Crippen molar-refractivity contribution in [2.24, 2.45) is 0 Å². The predicted octanol–water partition coefficient (Wildman–Crippen LogP) is 5.88. The Morgan fingerprint density at radius 2 is 1.65 bits per heavy atom. The molecule has 0 saturated heterocycles. The number of hydrogen-bond acceptors (Lipinski definition) is 1. The minimum Gasteiger partial charge on any atom is -0.142 e. The minimum absolute atomic E-state index is 0.612. The number of thiophene rings is 1. The molecule has 0 atom stereocenters. The van der Waals surface area contributed by atoms with Gasteiger partial charge in [-0.2, -0.15) is 0 Å². The summed E-state index contributed by atoms with van der Waals surface area (Å²) in [5.41, 5.74) is 2.42. The van der Waals surface area contributed by atoms with Crippen LogP contribution in [0.5, 0.6) is 0 Å². The van der Waals surface area contributed by atoms with Gasteiger partial charge in [-0.3, -0.25) is 0 Å². The molecule has 0 aliphatic heterocycles. The summed E-state index contributed by atoms with van der Waals surface area (Å²) in [6.07, 6.45) is 0. The van der Waals surface area contributed by atoms with Crippen LogP contribution in [0.2, 0.25) is 10.0 Å². The first-order valence-electron chi connectivity index (χ1n) is 5.18. The maximum Gasteiger partial charge on any atom is 0.0770 e. The lowest BCUT2D eigenvalue weighted by Gasteiger charge is -2.01. The summed E-state index contributed by atoms with van der Waals surface area (Å²) >= 11 is 13.9. The molecule has 2 aromatic carbocycles. The number of fused-ring (bicyclic) bond motifs is 1. The van der Waals surface area contributed by atoms with E-state index in [1.807, 2.05) is 30.3 Å². The summed E-state index contributed by atoms with van der Waals surface area (Å²) in [4.78, 5) is 0. The summed E-state index contributed by atoms with van der Waals surface area (Å²) < 4.78 is 1.05. The Kier molecular flexibility index (Phi) is 2.83. The topological polar surface area (TPSA) is 0 Å². The zero-order valence-corrected chi connectivity index (χ0v) is 11.1. The van der Waals surface area contributed by atoms with Crippen LogP contribution in [-0.4, -0.2) is 0 Å². The fourth-order valence-corrected chi connectivity index (χ4v) is 3.41. The molecule has 3 rings (SSSR count). The van der Waals surface area contributed by atoms with Crippen molar-refractivity contribution in [2.45, 2.75) is 0 Å². The van der Waals surface area contributed by atoms with Crippen molar-refractivity contribution in [2.75, 3.05) is 0 Å². The van der Waals surface area contributed by atoms with Crippen LogP contribution in [-0.2, 0) is 0 Å². The maximum atomic E-state index is 6.21. The van der Waals surface area contributed by atoms with Crippen LogP contribution < -0.4 is 0 Å². The molecule has 0 amide bonds. The lowest BCUT2D eigenvalue weighted by molar-refractivity contribution is 1.69. The average Bonchev–Trinajstić information content (AvgIpc) is 2.79. The van der Waals surface area contributed by atoms with E-state index in [2.05, 4.69) is 17.5 Å². The molecule has 3 aromatic rings. The molecule has 84 valence electrons. The van der Waals surface area contributed by atoms with E-state index >= 15 is 0 Å². The lowest BCUT2D eigenvalue weighted by atomic mass is 10.1. The summed E-state index contributed by atoms with van der Waals surface area (Å²) in [6, 6.07) is 14.2. The van der Waals surface area contributed by atoms with E-state index in [1.165, 1.54) is 11.1 Å². The van der Waals surface area contributed by atoms with E-state index in [4.69, 9.17) is 23.2 Å². The Morgan fingerprint density at radius 1 is 0.882 bits per heavy atom. The molecule has 0 fully saturated rings. The van der Waals surface area contributed by atoms with Gasteiger partial charge in [0.2, 0.25) is 0 Å². The lowest BCUT2D eigenvalue weighted by Crippen LogP contribution is -1.75. The van der Waals surface area contributed by atoms with Gasteiger partial charge in [-0.1, -0.05) is 59.6 Å². The molecule has 3 heteroatoms. The number of halogens is 2. The van der Waals surface area contributed by atoms with Crippen molar-refractivity contribution >= 4 is 44.6 Å². The van der Waals surface area contributed by atoms with Gasteiger partial charge in [0.05, 0.1) is 14.7 Å². The zero-order chi connectivity index (χ0) is 11.8. The van der Waals surface area contributed by atoms with Gasteiger partial charge < -0.3 is 0 Å². The Balaban J connectivity index is 2.30. The van der Waals surface area contributed by atoms with Gasteiger partial charge in [0.15, 0.2) is 0 Å². The summed E-state index contributed by atoms with van der Waals surface area (Å²) in [6.45, 7) is 0. The Bertz CT molecular complexity index is 671. The van der Waals surface area contributed by atoms with Crippen molar-refractivity contribution in [1.82, 2.24) is 0 Å². The second kappa shape index (κ2) is 4.34. The molecular formula is C14H8Cl2S. The van der Waals surface area contributed by atoms with Crippen LogP contribution in [0.15, 0.2) is 47.8 Å². The molecule has 0 spiro atoms. The van der Waals surface area contributed by atoms with Gasteiger partial charge in [0.1, 0.15) is 0 Å². The third-order valence-corrected chi connectivity index (χ3v) is 4.65. The number of rotatable bonds is 1. The highest BCUT2D eigenvalue weighted by molar-refractivity contribution is 7.18. The highest BCUT2D eigenvalue weighted by Gasteiger charge is 2.10. The molecule has 0 aliphatic rings. The first-order valence-corrected chi connectivity index (χ1v) is 6.81. The van der Waals surface area contributed by atoms with Gasteiger partial charge in [0, 0.05) is 10.9 Å². The predicted molar refractivity (Wildman–Crippen MR) is 77.3 cm³/mol. The Labute approximate surface area is 113 Å². The van der Waals surface area contributed by atoms with Crippen molar-refractivity contribution in [3.8, 4) is 11.1 Å². The third-order valence-electron chi connectivity index (χ3n) is 2.72. The van der Waals surface area contributed by atoms with E-state index in [1.54, 1.807) is 11.3 Å². The SMILES string of the molecule is Clc1ccc2c(-c3ccccc3)csc2c1Cl. The van der Waals surface area contributed by atoms with Crippen LogP contribution >= 0.6 is 34.5 Å². The molecule has 0 radical (unpaired) electrons. The van der Waals surface area contributed by atoms with Crippen LogP contribution in [0.1, 0.15) is 0 Å². The van der Waals surface area contributed by atoms with Crippen molar-refractivity contribution < 1.29 is 0 Å². The Morgan fingerprint density at radius 3 is 2.41 bits per heavy atom. The van der Waals surface area contributed by atoms with Crippen LogP contribution in [0.3, 0.4) is 0 Å². The fourth-order valence-electron chi connectivity index (χ4n) is 1.88. The van der Waals surface area contributed by atoms with Crippen LogP contribution in [0, 0.1) is 0 Å². The number of hydrogen-bond donors (Lipinski definition) is 0. The fraction of sp³-hybridized carbons (Fsp3) is 0. The molecule has 0 N–H and O–H groups in total. The minimum atomic E-state index is 0.612. The Hall–Kier alpha value is -1.02. The van der Waals surface area contributed by atoms with Gasteiger partial charge in [-0.05, 0) is 17.0 Å². The van der Waals surface area contributed by atoms with Gasteiger partial charge >= 0.3 is 0 Å². The average molecular weight is 279 g/mol. The van der Waals surface area contributed by atoms with Gasteiger partial charge in [0.25, 0.3) is 0 Å². The molecule has 17 heavy (non-hydrogen) atoms. The third kappa shape index (κ3) is 1.85. The highest BCUT2D eigenvalue weighted by atomic mass is 35.5. The molecule has 0 bridgehead atoms. The summed E-state index contributed by atoms with van der Waals surface area (Å²) in [7, 11) is 0. The first kappa shape index (κ1) is 11.1. The van der Waals surface area contributed by atoms with E-state index < -0.39 is 0 Å². The second-order valence-corrected chi connectivity index (χ2v) is 5.42. The largest absolute Gasteiger partial charge is 0.142 e.